The number of nitrogens with zero attached hydrogens (tertiary/aromatic N) is 2. The molecular formula is C26H27N3O5S. The number of esters is 1. The topological polar surface area (TPSA) is 105 Å². The molecule has 0 aliphatic heterocycles. The molecule has 8 nitrogen and oxygen atoms in total. The Hall–Kier alpha value is -3.98. The molecule has 0 fully saturated rings. The molecule has 1 N–H and O–H groups in total. The Morgan fingerprint density at radius 2 is 1.63 bits per heavy atom. The second-order valence-electron chi connectivity index (χ2n) is 8.10. The van der Waals surface area contributed by atoms with Crippen LogP contribution in [0.1, 0.15) is 39.5 Å². The van der Waals surface area contributed by atoms with Gasteiger partial charge in [0.15, 0.2) is 0 Å². The summed E-state index contributed by atoms with van der Waals surface area (Å²) in [5.41, 5.74) is 6.96. The van der Waals surface area contributed by atoms with Crippen molar-refractivity contribution in [3.05, 3.63) is 94.5 Å². The maximum atomic E-state index is 12.4. The number of rotatable bonds is 8. The maximum absolute atomic E-state index is 12.4. The summed E-state index contributed by atoms with van der Waals surface area (Å²) in [7, 11) is -3.51. The molecular weight excluding hydrogens is 466 g/mol. The largest absolute Gasteiger partial charge is 0.427 e. The van der Waals surface area contributed by atoms with Crippen molar-refractivity contribution in [1.82, 2.24) is 5.43 Å². The Morgan fingerprint density at radius 1 is 0.971 bits per heavy atom. The molecule has 1 amide bonds. The van der Waals surface area contributed by atoms with Gasteiger partial charge in [-0.05, 0) is 84.6 Å². The SMILES string of the molecule is CC(=O)Oc1ccc(/C=N\NC(=O)c2ccc(CN(c3ccc(C)c(C)c3)S(C)(=O)=O)cc2)cc1. The van der Waals surface area contributed by atoms with Crippen LogP contribution in [-0.2, 0) is 21.4 Å². The molecule has 35 heavy (non-hydrogen) atoms. The number of anilines is 1. The van der Waals surface area contributed by atoms with E-state index in [2.05, 4.69) is 10.5 Å². The molecule has 0 heterocycles. The van der Waals surface area contributed by atoms with E-state index < -0.39 is 21.9 Å². The Labute approximate surface area is 205 Å². The van der Waals surface area contributed by atoms with Crippen LogP contribution in [0.2, 0.25) is 0 Å². The van der Waals surface area contributed by atoms with Gasteiger partial charge in [-0.2, -0.15) is 5.10 Å². The van der Waals surface area contributed by atoms with E-state index in [4.69, 9.17) is 4.74 Å². The van der Waals surface area contributed by atoms with E-state index in [-0.39, 0.29) is 6.54 Å². The fourth-order valence-electron chi connectivity index (χ4n) is 3.23. The van der Waals surface area contributed by atoms with Crippen LogP contribution in [0.4, 0.5) is 5.69 Å². The maximum Gasteiger partial charge on any atom is 0.308 e. The van der Waals surface area contributed by atoms with Crippen LogP contribution in [-0.4, -0.2) is 32.8 Å². The average Bonchev–Trinajstić information content (AvgIpc) is 2.80. The second-order valence-corrected chi connectivity index (χ2v) is 10.0. The third kappa shape index (κ3) is 7.25. The number of carbonyl (C=O) groups excluding carboxylic acids is 2. The smallest absolute Gasteiger partial charge is 0.308 e. The summed E-state index contributed by atoms with van der Waals surface area (Å²) in [5.74, 6) is -0.386. The van der Waals surface area contributed by atoms with Crippen molar-refractivity contribution in [3.63, 3.8) is 0 Å². The molecule has 0 saturated carbocycles. The van der Waals surface area contributed by atoms with E-state index in [9.17, 15) is 18.0 Å². The highest BCUT2D eigenvalue weighted by atomic mass is 32.2. The lowest BCUT2D eigenvalue weighted by atomic mass is 10.1. The Kier molecular flexibility index (Phi) is 8.03. The molecule has 0 bridgehead atoms. The number of benzene rings is 3. The van der Waals surface area contributed by atoms with Crippen LogP contribution < -0.4 is 14.5 Å². The number of nitrogens with one attached hydrogen (secondary N) is 1. The monoisotopic (exact) mass is 493 g/mol. The number of hydrogen-bond donors (Lipinski definition) is 1. The van der Waals surface area contributed by atoms with Crippen molar-refractivity contribution >= 4 is 33.8 Å². The zero-order valence-electron chi connectivity index (χ0n) is 20.0. The van der Waals surface area contributed by atoms with Gasteiger partial charge in [-0.25, -0.2) is 13.8 Å². The lowest BCUT2D eigenvalue weighted by Crippen LogP contribution is -2.29. The molecule has 0 saturated heterocycles. The molecule has 3 rings (SSSR count). The second kappa shape index (κ2) is 11.0. The minimum Gasteiger partial charge on any atom is -0.427 e. The molecule has 0 aliphatic rings. The lowest BCUT2D eigenvalue weighted by molar-refractivity contribution is -0.131. The van der Waals surface area contributed by atoms with Crippen molar-refractivity contribution in [3.8, 4) is 5.75 Å². The van der Waals surface area contributed by atoms with Gasteiger partial charge < -0.3 is 4.74 Å². The summed E-state index contributed by atoms with van der Waals surface area (Å²) >= 11 is 0. The first kappa shape index (κ1) is 25.6. The van der Waals surface area contributed by atoms with Gasteiger partial charge in [-0.15, -0.1) is 0 Å². The summed E-state index contributed by atoms with van der Waals surface area (Å²) in [6, 6.07) is 18.8. The van der Waals surface area contributed by atoms with Crippen molar-refractivity contribution in [1.29, 1.82) is 0 Å². The van der Waals surface area contributed by atoms with Crippen LogP contribution >= 0.6 is 0 Å². The van der Waals surface area contributed by atoms with Crippen molar-refractivity contribution in [2.75, 3.05) is 10.6 Å². The Bertz CT molecular complexity index is 1350. The minimum atomic E-state index is -3.51. The highest BCUT2D eigenvalue weighted by Gasteiger charge is 2.18. The molecule has 0 spiro atoms. The molecule has 3 aromatic rings. The zero-order valence-corrected chi connectivity index (χ0v) is 20.8. The minimum absolute atomic E-state index is 0.144. The number of sulfonamides is 1. The summed E-state index contributed by atoms with van der Waals surface area (Å²) in [4.78, 5) is 23.4. The standard InChI is InChI=1S/C26H27N3O5S/c1-18-5-12-24(15-19(18)2)29(35(4,32)33)17-22-6-10-23(11-7-22)26(31)28-27-16-21-8-13-25(14-9-21)34-20(3)30/h5-16H,17H2,1-4H3,(H,28,31)/b27-16-. The molecule has 182 valence electrons. The Morgan fingerprint density at radius 3 is 2.20 bits per heavy atom. The third-order valence-electron chi connectivity index (χ3n) is 5.24. The first-order chi connectivity index (χ1) is 16.5. The van der Waals surface area contributed by atoms with Gasteiger partial charge in [0.25, 0.3) is 5.91 Å². The van der Waals surface area contributed by atoms with E-state index >= 15 is 0 Å². The van der Waals surface area contributed by atoms with Gasteiger partial charge in [0, 0.05) is 12.5 Å². The van der Waals surface area contributed by atoms with Crippen LogP contribution in [0, 0.1) is 13.8 Å². The fourth-order valence-corrected chi connectivity index (χ4v) is 4.11. The first-order valence-electron chi connectivity index (χ1n) is 10.8. The number of hydrogen-bond acceptors (Lipinski definition) is 6. The van der Waals surface area contributed by atoms with Gasteiger partial charge in [-0.3, -0.25) is 13.9 Å². The van der Waals surface area contributed by atoms with Crippen molar-refractivity contribution < 1.29 is 22.7 Å². The highest BCUT2D eigenvalue weighted by Crippen LogP contribution is 2.23. The summed E-state index contributed by atoms with van der Waals surface area (Å²) < 4.78 is 31.2. The number of aryl methyl sites for hydroxylation is 2. The molecule has 0 aliphatic carbocycles. The molecule has 0 aromatic heterocycles. The fraction of sp³-hybridized carbons (Fsp3) is 0.192. The number of carbonyl (C=O) groups is 2. The van der Waals surface area contributed by atoms with E-state index in [1.807, 2.05) is 26.0 Å². The summed E-state index contributed by atoms with van der Waals surface area (Å²) in [6.45, 7) is 5.38. The molecule has 0 radical (unpaired) electrons. The summed E-state index contributed by atoms with van der Waals surface area (Å²) in [5, 5.41) is 3.95. The molecule has 9 heteroatoms. The van der Waals surface area contributed by atoms with E-state index in [1.54, 1.807) is 54.6 Å². The molecule has 3 aromatic carbocycles. The van der Waals surface area contributed by atoms with E-state index in [0.29, 0.717) is 22.6 Å². The molecule has 0 atom stereocenters. The Balaban J connectivity index is 1.65. The van der Waals surface area contributed by atoms with Crippen LogP contribution in [0.3, 0.4) is 0 Å². The number of amides is 1. The van der Waals surface area contributed by atoms with Gasteiger partial charge in [0.1, 0.15) is 5.75 Å². The van der Waals surface area contributed by atoms with Gasteiger partial charge in [-0.1, -0.05) is 18.2 Å². The third-order valence-corrected chi connectivity index (χ3v) is 6.38. The average molecular weight is 494 g/mol. The van der Waals surface area contributed by atoms with E-state index in [0.717, 1.165) is 16.7 Å². The first-order valence-corrected chi connectivity index (χ1v) is 12.6. The van der Waals surface area contributed by atoms with Crippen LogP contribution in [0.25, 0.3) is 0 Å². The van der Waals surface area contributed by atoms with Crippen molar-refractivity contribution in [2.45, 2.75) is 27.3 Å². The summed E-state index contributed by atoms with van der Waals surface area (Å²) in [6.07, 6.45) is 2.64. The highest BCUT2D eigenvalue weighted by molar-refractivity contribution is 7.92. The number of ether oxygens (including phenoxy) is 1. The van der Waals surface area contributed by atoms with Gasteiger partial charge >= 0.3 is 5.97 Å². The van der Waals surface area contributed by atoms with Crippen LogP contribution in [0.15, 0.2) is 71.8 Å². The quantitative estimate of drug-likeness (QED) is 0.221. The predicted molar refractivity (Wildman–Crippen MR) is 136 cm³/mol. The zero-order chi connectivity index (χ0) is 25.6. The molecule has 0 unspecified atom stereocenters. The van der Waals surface area contributed by atoms with Crippen LogP contribution in [0.5, 0.6) is 5.75 Å². The van der Waals surface area contributed by atoms with Crippen molar-refractivity contribution in [2.24, 2.45) is 5.10 Å². The predicted octanol–water partition coefficient (Wildman–Crippen LogP) is 3.96. The normalized spacial score (nSPS) is 11.3. The lowest BCUT2D eigenvalue weighted by Gasteiger charge is -2.23. The van der Waals surface area contributed by atoms with Gasteiger partial charge in [0.05, 0.1) is 24.7 Å². The van der Waals surface area contributed by atoms with Gasteiger partial charge in [0.2, 0.25) is 10.0 Å². The van der Waals surface area contributed by atoms with E-state index in [1.165, 1.54) is 23.7 Å². The number of hydrazone groups is 1.